The molecule has 1 aromatic rings. The zero-order valence-corrected chi connectivity index (χ0v) is 13.4. The molecule has 0 radical (unpaired) electrons. The molecule has 0 aromatic carbocycles. The Morgan fingerprint density at radius 1 is 1.25 bits per heavy atom. The normalized spacial score (nSPS) is 40.9. The molecule has 1 aromatic heterocycles. The summed E-state index contributed by atoms with van der Waals surface area (Å²) in [5.41, 5.74) is 7.96. The molecular formula is C16H25N3S. The van der Waals surface area contributed by atoms with Gasteiger partial charge in [0.05, 0.1) is 11.2 Å². The van der Waals surface area contributed by atoms with Crippen molar-refractivity contribution < 1.29 is 0 Å². The van der Waals surface area contributed by atoms with E-state index >= 15 is 0 Å². The Bertz CT molecular complexity index is 516. The molecule has 2 bridgehead atoms. The first-order chi connectivity index (χ1) is 9.57. The van der Waals surface area contributed by atoms with E-state index in [1.54, 1.807) is 0 Å². The molecule has 1 saturated carbocycles. The molecule has 1 aliphatic carbocycles. The molecule has 1 saturated heterocycles. The lowest BCUT2D eigenvalue weighted by atomic mass is 9.78. The van der Waals surface area contributed by atoms with Crippen molar-refractivity contribution in [2.24, 2.45) is 11.7 Å². The van der Waals surface area contributed by atoms with Crippen LogP contribution >= 0.6 is 11.3 Å². The van der Waals surface area contributed by atoms with Gasteiger partial charge >= 0.3 is 0 Å². The number of nitrogens with two attached hydrogens (primary N) is 1. The second kappa shape index (κ2) is 4.52. The lowest BCUT2D eigenvalue weighted by Gasteiger charge is -2.34. The third-order valence-electron chi connectivity index (χ3n) is 5.89. The first kappa shape index (κ1) is 13.2. The lowest BCUT2D eigenvalue weighted by Crippen LogP contribution is -2.40. The molecule has 2 atom stereocenters. The number of nitrogens with zero attached hydrogens (tertiary/aromatic N) is 2. The van der Waals surface area contributed by atoms with Crippen LogP contribution in [0.2, 0.25) is 0 Å². The van der Waals surface area contributed by atoms with E-state index in [4.69, 9.17) is 10.7 Å². The molecule has 2 fully saturated rings. The summed E-state index contributed by atoms with van der Waals surface area (Å²) in [7, 11) is 2.28. The van der Waals surface area contributed by atoms with Crippen molar-refractivity contribution in [1.29, 1.82) is 0 Å². The highest BCUT2D eigenvalue weighted by atomic mass is 32.1. The minimum atomic E-state index is -0.133. The summed E-state index contributed by atoms with van der Waals surface area (Å²) < 4.78 is 0. The first-order valence-corrected chi connectivity index (χ1v) is 8.89. The largest absolute Gasteiger partial charge is 0.319 e. The van der Waals surface area contributed by atoms with Crippen LogP contribution in [0.25, 0.3) is 0 Å². The van der Waals surface area contributed by atoms with Gasteiger partial charge in [0, 0.05) is 23.4 Å². The zero-order chi connectivity index (χ0) is 13.9. The van der Waals surface area contributed by atoms with Crippen molar-refractivity contribution in [3.05, 3.63) is 15.6 Å². The third-order valence-corrected chi connectivity index (χ3v) is 7.31. The maximum absolute atomic E-state index is 6.72. The highest BCUT2D eigenvalue weighted by Gasteiger charge is 2.42. The maximum Gasteiger partial charge on any atom is 0.113 e. The van der Waals surface area contributed by atoms with Gasteiger partial charge in [0.15, 0.2) is 0 Å². The van der Waals surface area contributed by atoms with Crippen molar-refractivity contribution in [3.63, 3.8) is 0 Å². The van der Waals surface area contributed by atoms with Crippen LogP contribution < -0.4 is 5.73 Å². The van der Waals surface area contributed by atoms with Gasteiger partial charge in [0.25, 0.3) is 0 Å². The predicted molar refractivity (Wildman–Crippen MR) is 82.8 cm³/mol. The topological polar surface area (TPSA) is 42.1 Å². The van der Waals surface area contributed by atoms with Crippen LogP contribution in [0.15, 0.2) is 0 Å². The van der Waals surface area contributed by atoms with Crippen LogP contribution in [-0.2, 0) is 12.0 Å². The Morgan fingerprint density at radius 3 is 2.75 bits per heavy atom. The molecule has 2 aliphatic heterocycles. The molecular weight excluding hydrogens is 266 g/mol. The minimum Gasteiger partial charge on any atom is -0.319 e. The van der Waals surface area contributed by atoms with Gasteiger partial charge in [-0.3, -0.25) is 4.90 Å². The third kappa shape index (κ3) is 1.88. The van der Waals surface area contributed by atoms with Crippen LogP contribution in [0, 0.1) is 5.92 Å². The van der Waals surface area contributed by atoms with Crippen LogP contribution in [0.5, 0.6) is 0 Å². The quantitative estimate of drug-likeness (QED) is 0.864. The van der Waals surface area contributed by atoms with Gasteiger partial charge in [0.1, 0.15) is 5.01 Å². The van der Waals surface area contributed by atoms with E-state index in [9.17, 15) is 0 Å². The highest BCUT2D eigenvalue weighted by Crippen LogP contribution is 2.48. The van der Waals surface area contributed by atoms with Crippen LogP contribution in [0.1, 0.15) is 67.1 Å². The standard InChI is InChI=1S/C16H25N3S/c1-10-5-7-16(17,8-6-10)15-18-12-9-11-3-4-13(19(11)2)14(12)20-15/h10-11,13H,3-9,17H2,1-2H3. The molecule has 2 unspecified atom stereocenters. The minimum absolute atomic E-state index is 0.133. The van der Waals surface area contributed by atoms with E-state index in [1.165, 1.54) is 41.3 Å². The number of aromatic nitrogens is 1. The van der Waals surface area contributed by atoms with Gasteiger partial charge in [-0.2, -0.15) is 0 Å². The van der Waals surface area contributed by atoms with E-state index in [-0.39, 0.29) is 5.54 Å². The number of rotatable bonds is 1. The van der Waals surface area contributed by atoms with Gasteiger partial charge in [-0.25, -0.2) is 4.98 Å². The Labute approximate surface area is 125 Å². The highest BCUT2D eigenvalue weighted by molar-refractivity contribution is 7.12. The van der Waals surface area contributed by atoms with E-state index in [0.29, 0.717) is 6.04 Å². The molecule has 4 heteroatoms. The number of likely N-dealkylation sites (N-methyl/N-ethyl adjacent to an activating group) is 1. The van der Waals surface area contributed by atoms with Gasteiger partial charge in [0.2, 0.25) is 0 Å². The summed E-state index contributed by atoms with van der Waals surface area (Å²) >= 11 is 1.93. The number of fused-ring (bicyclic) bond motifs is 4. The average Bonchev–Trinajstić information content (AvgIpc) is 2.96. The molecule has 4 rings (SSSR count). The van der Waals surface area contributed by atoms with Crippen LogP contribution in [-0.4, -0.2) is 23.0 Å². The van der Waals surface area contributed by atoms with Gasteiger partial charge in [-0.1, -0.05) is 6.92 Å². The summed E-state index contributed by atoms with van der Waals surface area (Å²) in [6.07, 6.45) is 8.54. The number of thiazole rings is 1. The van der Waals surface area contributed by atoms with Crippen LogP contribution in [0.4, 0.5) is 0 Å². The second-order valence-corrected chi connectivity index (χ2v) is 8.32. The summed E-state index contributed by atoms with van der Waals surface area (Å²) in [5, 5.41) is 1.23. The van der Waals surface area contributed by atoms with Crippen molar-refractivity contribution in [3.8, 4) is 0 Å². The molecule has 110 valence electrons. The van der Waals surface area contributed by atoms with Crippen molar-refractivity contribution >= 4 is 11.3 Å². The Hall–Kier alpha value is -0.450. The van der Waals surface area contributed by atoms with Crippen LogP contribution in [0.3, 0.4) is 0 Å². The van der Waals surface area contributed by atoms with E-state index in [0.717, 1.165) is 31.2 Å². The van der Waals surface area contributed by atoms with Gasteiger partial charge < -0.3 is 5.73 Å². The Balaban J connectivity index is 1.66. The fraction of sp³-hybridized carbons (Fsp3) is 0.812. The summed E-state index contributed by atoms with van der Waals surface area (Å²) in [6, 6.07) is 1.35. The molecule has 2 N–H and O–H groups in total. The van der Waals surface area contributed by atoms with Crippen molar-refractivity contribution in [2.75, 3.05) is 7.05 Å². The van der Waals surface area contributed by atoms with E-state index in [1.807, 2.05) is 11.3 Å². The fourth-order valence-electron chi connectivity index (χ4n) is 4.27. The SMILES string of the molecule is CC1CCC(N)(c2nc3c(s2)C2CCC(C3)N2C)CC1. The second-order valence-electron chi connectivity index (χ2n) is 7.29. The smallest absolute Gasteiger partial charge is 0.113 e. The first-order valence-electron chi connectivity index (χ1n) is 8.08. The monoisotopic (exact) mass is 291 g/mol. The van der Waals surface area contributed by atoms with Crippen molar-refractivity contribution in [1.82, 2.24) is 9.88 Å². The molecule has 0 spiro atoms. The molecule has 0 amide bonds. The Morgan fingerprint density at radius 2 is 2.00 bits per heavy atom. The lowest BCUT2D eigenvalue weighted by molar-refractivity contribution is 0.225. The van der Waals surface area contributed by atoms with E-state index in [2.05, 4.69) is 18.9 Å². The van der Waals surface area contributed by atoms with Crippen molar-refractivity contribution in [2.45, 2.75) is 69.5 Å². The summed E-state index contributed by atoms with van der Waals surface area (Å²) in [5.74, 6) is 0.836. The predicted octanol–water partition coefficient (Wildman–Crippen LogP) is 3.20. The average molecular weight is 291 g/mol. The molecule has 20 heavy (non-hydrogen) atoms. The number of hydrogen-bond donors (Lipinski definition) is 1. The van der Waals surface area contributed by atoms with E-state index < -0.39 is 0 Å². The van der Waals surface area contributed by atoms with Gasteiger partial charge in [-0.05, 0) is 51.5 Å². The molecule has 3 heterocycles. The summed E-state index contributed by atoms with van der Waals surface area (Å²) in [4.78, 5) is 9.11. The number of hydrogen-bond acceptors (Lipinski definition) is 4. The molecule has 3 aliphatic rings. The zero-order valence-electron chi connectivity index (χ0n) is 12.6. The maximum atomic E-state index is 6.72. The van der Waals surface area contributed by atoms with Gasteiger partial charge in [-0.15, -0.1) is 11.3 Å². The Kier molecular flexibility index (Phi) is 2.99. The summed E-state index contributed by atoms with van der Waals surface area (Å²) in [6.45, 7) is 2.35. The molecule has 3 nitrogen and oxygen atoms in total. The fourth-order valence-corrected chi connectivity index (χ4v) is 5.71.